The molecule has 88 valence electrons. The van der Waals surface area contributed by atoms with Crippen LogP contribution < -0.4 is 4.90 Å². The molecular formula is C13H12BrClN2. The minimum absolute atomic E-state index is 0.506. The Morgan fingerprint density at radius 1 is 1.12 bits per heavy atom. The molecular weight excluding hydrogens is 300 g/mol. The molecule has 1 heterocycles. The van der Waals surface area contributed by atoms with E-state index in [1.807, 2.05) is 43.3 Å². The average molecular weight is 312 g/mol. The van der Waals surface area contributed by atoms with Gasteiger partial charge in [0.25, 0.3) is 0 Å². The van der Waals surface area contributed by atoms with Crippen LogP contribution in [0.4, 0.5) is 5.82 Å². The van der Waals surface area contributed by atoms with Crippen molar-refractivity contribution in [2.24, 2.45) is 0 Å². The first-order valence-corrected chi connectivity index (χ1v) is 6.34. The molecule has 0 saturated carbocycles. The summed E-state index contributed by atoms with van der Waals surface area (Å²) < 4.78 is 1.05. The number of benzene rings is 1. The standard InChI is InChI=1S/C13H12BrClN2/c1-17(2)13-8-10(7-12(15)16-13)9-4-3-5-11(14)6-9/h3-8H,1-2H3. The number of pyridine rings is 1. The summed E-state index contributed by atoms with van der Waals surface area (Å²) >= 11 is 9.50. The summed E-state index contributed by atoms with van der Waals surface area (Å²) in [6.07, 6.45) is 0. The maximum absolute atomic E-state index is 6.03. The molecule has 2 rings (SSSR count). The van der Waals surface area contributed by atoms with E-state index in [4.69, 9.17) is 11.6 Å². The zero-order valence-corrected chi connectivity index (χ0v) is 12.0. The smallest absolute Gasteiger partial charge is 0.132 e. The predicted octanol–water partition coefficient (Wildman–Crippen LogP) is 4.23. The number of rotatable bonds is 2. The van der Waals surface area contributed by atoms with Crippen molar-refractivity contribution in [3.05, 3.63) is 46.0 Å². The van der Waals surface area contributed by atoms with Gasteiger partial charge in [0.1, 0.15) is 11.0 Å². The van der Waals surface area contributed by atoms with Crippen molar-refractivity contribution < 1.29 is 0 Å². The highest BCUT2D eigenvalue weighted by Gasteiger charge is 2.05. The van der Waals surface area contributed by atoms with Crippen molar-refractivity contribution in [3.8, 4) is 11.1 Å². The normalized spacial score (nSPS) is 10.4. The van der Waals surface area contributed by atoms with Crippen molar-refractivity contribution in [2.75, 3.05) is 19.0 Å². The van der Waals surface area contributed by atoms with Crippen molar-refractivity contribution in [3.63, 3.8) is 0 Å². The van der Waals surface area contributed by atoms with Crippen LogP contribution in [0, 0.1) is 0 Å². The molecule has 0 spiro atoms. The lowest BCUT2D eigenvalue weighted by Gasteiger charge is -2.13. The topological polar surface area (TPSA) is 16.1 Å². The molecule has 0 atom stereocenters. The van der Waals surface area contributed by atoms with E-state index in [1.54, 1.807) is 0 Å². The van der Waals surface area contributed by atoms with Gasteiger partial charge in [-0.15, -0.1) is 0 Å². The molecule has 17 heavy (non-hydrogen) atoms. The Labute approximate surface area is 114 Å². The molecule has 0 radical (unpaired) electrons. The van der Waals surface area contributed by atoms with Gasteiger partial charge in [0.05, 0.1) is 0 Å². The van der Waals surface area contributed by atoms with Gasteiger partial charge in [-0.1, -0.05) is 39.7 Å². The van der Waals surface area contributed by atoms with Gasteiger partial charge in [0, 0.05) is 18.6 Å². The molecule has 0 aliphatic rings. The molecule has 2 aromatic rings. The van der Waals surface area contributed by atoms with Crippen LogP contribution in [0.5, 0.6) is 0 Å². The van der Waals surface area contributed by atoms with Crippen LogP contribution in [0.25, 0.3) is 11.1 Å². The van der Waals surface area contributed by atoms with Crippen LogP contribution >= 0.6 is 27.5 Å². The Hall–Kier alpha value is -1.06. The van der Waals surface area contributed by atoms with E-state index in [0.29, 0.717) is 5.15 Å². The molecule has 0 amide bonds. The van der Waals surface area contributed by atoms with Gasteiger partial charge in [-0.25, -0.2) is 4.98 Å². The van der Waals surface area contributed by atoms with Gasteiger partial charge in [-0.2, -0.15) is 0 Å². The summed E-state index contributed by atoms with van der Waals surface area (Å²) in [5.74, 6) is 0.854. The molecule has 0 saturated heterocycles. The fraction of sp³-hybridized carbons (Fsp3) is 0.154. The Morgan fingerprint density at radius 2 is 1.88 bits per heavy atom. The summed E-state index contributed by atoms with van der Waals surface area (Å²) in [5.41, 5.74) is 2.18. The van der Waals surface area contributed by atoms with Crippen LogP contribution in [-0.4, -0.2) is 19.1 Å². The predicted molar refractivity (Wildman–Crippen MR) is 76.7 cm³/mol. The number of anilines is 1. The van der Waals surface area contributed by atoms with E-state index in [0.717, 1.165) is 21.4 Å². The van der Waals surface area contributed by atoms with E-state index in [2.05, 4.69) is 33.0 Å². The van der Waals surface area contributed by atoms with E-state index in [9.17, 15) is 0 Å². The zero-order chi connectivity index (χ0) is 12.4. The van der Waals surface area contributed by atoms with Crippen molar-refractivity contribution in [1.82, 2.24) is 4.98 Å². The maximum atomic E-state index is 6.03. The number of halogens is 2. The molecule has 0 aliphatic heterocycles. The molecule has 2 nitrogen and oxygen atoms in total. The Balaban J connectivity index is 2.52. The van der Waals surface area contributed by atoms with Gasteiger partial charge < -0.3 is 4.90 Å². The molecule has 4 heteroatoms. The summed E-state index contributed by atoms with van der Waals surface area (Å²) in [5, 5.41) is 0.506. The summed E-state index contributed by atoms with van der Waals surface area (Å²) in [6, 6.07) is 12.0. The highest BCUT2D eigenvalue weighted by molar-refractivity contribution is 9.10. The quantitative estimate of drug-likeness (QED) is 0.772. The van der Waals surface area contributed by atoms with Crippen LogP contribution in [-0.2, 0) is 0 Å². The first-order chi connectivity index (χ1) is 8.06. The third kappa shape index (κ3) is 2.99. The third-order valence-electron chi connectivity index (χ3n) is 2.40. The van der Waals surface area contributed by atoms with Crippen LogP contribution in [0.3, 0.4) is 0 Å². The second-order valence-electron chi connectivity index (χ2n) is 3.94. The molecule has 1 aromatic carbocycles. The number of aromatic nitrogens is 1. The number of nitrogens with zero attached hydrogens (tertiary/aromatic N) is 2. The minimum atomic E-state index is 0.506. The van der Waals surface area contributed by atoms with E-state index in [-0.39, 0.29) is 0 Å². The summed E-state index contributed by atoms with van der Waals surface area (Å²) in [6.45, 7) is 0. The first-order valence-electron chi connectivity index (χ1n) is 5.17. The molecule has 0 N–H and O–H groups in total. The Bertz CT molecular complexity index is 541. The highest BCUT2D eigenvalue weighted by atomic mass is 79.9. The lowest BCUT2D eigenvalue weighted by molar-refractivity contribution is 1.07. The molecule has 0 bridgehead atoms. The SMILES string of the molecule is CN(C)c1cc(-c2cccc(Br)c2)cc(Cl)n1. The third-order valence-corrected chi connectivity index (χ3v) is 3.08. The van der Waals surface area contributed by atoms with Crippen LogP contribution in [0.2, 0.25) is 5.15 Å². The van der Waals surface area contributed by atoms with Crippen LogP contribution in [0.1, 0.15) is 0 Å². The van der Waals surface area contributed by atoms with E-state index >= 15 is 0 Å². The van der Waals surface area contributed by atoms with Crippen molar-refractivity contribution in [1.29, 1.82) is 0 Å². The number of hydrogen-bond donors (Lipinski definition) is 0. The summed E-state index contributed by atoms with van der Waals surface area (Å²) in [7, 11) is 3.90. The fourth-order valence-electron chi connectivity index (χ4n) is 1.55. The minimum Gasteiger partial charge on any atom is -0.363 e. The van der Waals surface area contributed by atoms with Gasteiger partial charge in [-0.3, -0.25) is 0 Å². The highest BCUT2D eigenvalue weighted by Crippen LogP contribution is 2.27. The van der Waals surface area contributed by atoms with E-state index < -0.39 is 0 Å². The monoisotopic (exact) mass is 310 g/mol. The maximum Gasteiger partial charge on any atom is 0.132 e. The lowest BCUT2D eigenvalue weighted by Crippen LogP contribution is -2.10. The van der Waals surface area contributed by atoms with E-state index in [1.165, 1.54) is 0 Å². The van der Waals surface area contributed by atoms with Crippen LogP contribution in [0.15, 0.2) is 40.9 Å². The Morgan fingerprint density at radius 3 is 2.53 bits per heavy atom. The molecule has 0 fully saturated rings. The van der Waals surface area contributed by atoms with Gasteiger partial charge >= 0.3 is 0 Å². The first kappa shape index (κ1) is 12.4. The summed E-state index contributed by atoms with van der Waals surface area (Å²) in [4.78, 5) is 6.20. The number of hydrogen-bond acceptors (Lipinski definition) is 2. The lowest BCUT2D eigenvalue weighted by atomic mass is 10.1. The second kappa shape index (κ2) is 5.07. The van der Waals surface area contributed by atoms with Gasteiger partial charge in [-0.05, 0) is 35.4 Å². The zero-order valence-electron chi connectivity index (χ0n) is 9.61. The van der Waals surface area contributed by atoms with Crippen molar-refractivity contribution >= 4 is 33.3 Å². The molecule has 0 unspecified atom stereocenters. The Kier molecular flexibility index (Phi) is 3.69. The second-order valence-corrected chi connectivity index (χ2v) is 5.24. The fourth-order valence-corrected chi connectivity index (χ4v) is 2.15. The molecule has 1 aromatic heterocycles. The van der Waals surface area contributed by atoms with Crippen molar-refractivity contribution in [2.45, 2.75) is 0 Å². The van der Waals surface area contributed by atoms with Gasteiger partial charge in [0.2, 0.25) is 0 Å². The largest absolute Gasteiger partial charge is 0.363 e. The van der Waals surface area contributed by atoms with Gasteiger partial charge in [0.15, 0.2) is 0 Å². The average Bonchev–Trinajstić information content (AvgIpc) is 2.28. The molecule has 0 aliphatic carbocycles.